The summed E-state index contributed by atoms with van der Waals surface area (Å²) in [6.07, 6.45) is 6.99. The summed E-state index contributed by atoms with van der Waals surface area (Å²) in [5, 5.41) is 18.9. The first-order chi connectivity index (χ1) is 21.2. The molecule has 2 atom stereocenters. The fourth-order valence-electron chi connectivity index (χ4n) is 6.98. The van der Waals surface area contributed by atoms with E-state index in [0.29, 0.717) is 18.3 Å². The van der Waals surface area contributed by atoms with E-state index in [1.807, 2.05) is 48.9 Å². The summed E-state index contributed by atoms with van der Waals surface area (Å²) >= 11 is 0. The molecule has 3 aliphatic rings. The smallest absolute Gasteiger partial charge is 0.304 e. The van der Waals surface area contributed by atoms with Crippen LogP contribution in [-0.2, 0) is 27.9 Å². The maximum absolute atomic E-state index is 14.1. The van der Waals surface area contributed by atoms with E-state index < -0.39 is 21.9 Å². The highest BCUT2D eigenvalue weighted by atomic mass is 32.2. The molecule has 7 rings (SSSR count). The third-order valence-electron chi connectivity index (χ3n) is 9.67. The summed E-state index contributed by atoms with van der Waals surface area (Å²) in [7, 11) is -3.81. The van der Waals surface area contributed by atoms with Crippen molar-refractivity contribution in [2.24, 2.45) is 5.92 Å². The van der Waals surface area contributed by atoms with E-state index in [2.05, 4.69) is 20.2 Å². The molecule has 4 heterocycles. The molecule has 1 saturated heterocycles. The molecule has 230 valence electrons. The number of benzene rings is 2. The van der Waals surface area contributed by atoms with Gasteiger partial charge in [0.05, 0.1) is 11.9 Å². The van der Waals surface area contributed by atoms with Crippen LogP contribution in [0.5, 0.6) is 0 Å². The average Bonchev–Trinajstić information content (AvgIpc) is 3.75. The molecule has 1 N–H and O–H groups in total. The van der Waals surface area contributed by atoms with Crippen LogP contribution in [0.1, 0.15) is 72.3 Å². The lowest BCUT2D eigenvalue weighted by Gasteiger charge is -2.36. The summed E-state index contributed by atoms with van der Waals surface area (Å²) in [5.41, 5.74) is 6.26. The molecule has 10 nitrogen and oxygen atoms in total. The first-order valence-electron chi connectivity index (χ1n) is 15.6. The second-order valence-electron chi connectivity index (χ2n) is 12.7. The Morgan fingerprint density at radius 1 is 1.09 bits per heavy atom. The minimum Gasteiger partial charge on any atom is -0.481 e. The molecule has 2 aromatic heterocycles. The van der Waals surface area contributed by atoms with Crippen LogP contribution in [0.4, 0.5) is 5.82 Å². The number of anilines is 1. The average molecular weight is 615 g/mol. The third-order valence-corrected chi connectivity index (χ3v) is 11.5. The molecule has 11 heteroatoms. The van der Waals surface area contributed by atoms with Crippen LogP contribution in [0, 0.1) is 19.8 Å². The van der Waals surface area contributed by atoms with Gasteiger partial charge in [-0.05, 0) is 97.9 Å². The zero-order valence-electron chi connectivity index (χ0n) is 25.2. The Morgan fingerprint density at radius 3 is 2.73 bits per heavy atom. The first kappa shape index (κ1) is 28.9. The van der Waals surface area contributed by atoms with Crippen molar-refractivity contribution in [2.45, 2.75) is 82.3 Å². The molecule has 1 saturated carbocycles. The van der Waals surface area contributed by atoms with Crippen LogP contribution in [0.3, 0.4) is 0 Å². The maximum Gasteiger partial charge on any atom is 0.304 e. The van der Waals surface area contributed by atoms with Gasteiger partial charge in [-0.1, -0.05) is 29.5 Å². The standard InChI is InChI=1S/C33H38N6O4S/c1-21-8-11-24(28(17-31(40)41)27-12-13-29-32(22(27)2)35-36-39(29)18-23-9-10-23)16-25(21)19-37-20-26-6-3-4-15-38(26)33-30(44(37,42)43)7-5-14-34-33/h5,7-8,11-14,16,23,26,28H,3-4,6,9-10,15,17-20H2,1-2H3,(H,40,41)/t26-,28-/m1/s1. The molecule has 2 aliphatic heterocycles. The second-order valence-corrected chi connectivity index (χ2v) is 14.6. The summed E-state index contributed by atoms with van der Waals surface area (Å²) in [6, 6.07) is 13.4. The van der Waals surface area contributed by atoms with Crippen molar-refractivity contribution in [1.82, 2.24) is 24.3 Å². The normalized spacial score (nSPS) is 20.6. The van der Waals surface area contributed by atoms with Crippen LogP contribution >= 0.6 is 0 Å². The number of hydrogen-bond acceptors (Lipinski definition) is 7. The molecule has 0 spiro atoms. The van der Waals surface area contributed by atoms with Crippen LogP contribution in [-0.4, -0.2) is 62.9 Å². The van der Waals surface area contributed by atoms with Gasteiger partial charge in [0.2, 0.25) is 10.0 Å². The Bertz CT molecular complexity index is 1850. The van der Waals surface area contributed by atoms with Gasteiger partial charge in [0, 0.05) is 44.3 Å². The lowest BCUT2D eigenvalue weighted by Crippen LogP contribution is -2.45. The van der Waals surface area contributed by atoms with Gasteiger partial charge in [0.25, 0.3) is 0 Å². The lowest BCUT2D eigenvalue weighted by molar-refractivity contribution is -0.137. The second kappa shape index (κ2) is 11.3. The quantitative estimate of drug-likeness (QED) is 0.294. The number of fused-ring (bicyclic) bond motifs is 4. The number of aliphatic carboxylic acids is 1. The fraction of sp³-hybridized carbons (Fsp3) is 0.455. The molecule has 2 fully saturated rings. The van der Waals surface area contributed by atoms with Gasteiger partial charge in [-0.2, -0.15) is 4.31 Å². The van der Waals surface area contributed by atoms with Gasteiger partial charge in [0.15, 0.2) is 0 Å². The Hall–Kier alpha value is -3.83. The molecular formula is C33H38N6O4S. The number of carbonyl (C=O) groups is 1. The van der Waals surface area contributed by atoms with Gasteiger partial charge >= 0.3 is 5.97 Å². The number of aryl methyl sites for hydroxylation is 2. The number of carboxylic acids is 1. The minimum absolute atomic E-state index is 0.0561. The van der Waals surface area contributed by atoms with Crippen LogP contribution in [0.25, 0.3) is 11.0 Å². The van der Waals surface area contributed by atoms with Crippen molar-refractivity contribution in [3.05, 3.63) is 76.5 Å². The van der Waals surface area contributed by atoms with Crippen molar-refractivity contribution < 1.29 is 18.3 Å². The molecule has 4 aromatic rings. The third kappa shape index (κ3) is 5.26. The molecular weight excluding hydrogens is 576 g/mol. The summed E-state index contributed by atoms with van der Waals surface area (Å²) in [5.74, 6) is -0.119. The fourth-order valence-corrected chi connectivity index (χ4v) is 8.59. The number of piperidine rings is 1. The van der Waals surface area contributed by atoms with Gasteiger partial charge < -0.3 is 10.0 Å². The van der Waals surface area contributed by atoms with Crippen LogP contribution in [0.15, 0.2) is 53.6 Å². The SMILES string of the molecule is Cc1ccc([C@@H](CC(=O)O)c2ccc3c(nnn3CC3CC3)c2C)cc1CN1C[C@H]2CCCCN2c2ncccc2S1(=O)=O. The predicted octanol–water partition coefficient (Wildman–Crippen LogP) is 5.02. The molecule has 0 radical (unpaired) electrons. The van der Waals surface area contributed by atoms with E-state index in [1.54, 1.807) is 22.6 Å². The highest BCUT2D eigenvalue weighted by Gasteiger charge is 2.39. The van der Waals surface area contributed by atoms with E-state index in [-0.39, 0.29) is 23.9 Å². The number of pyridine rings is 1. The van der Waals surface area contributed by atoms with Crippen LogP contribution in [0.2, 0.25) is 0 Å². The topological polar surface area (TPSA) is 122 Å². The Labute approximate surface area is 257 Å². The van der Waals surface area contributed by atoms with Gasteiger partial charge in [-0.25, -0.2) is 18.1 Å². The highest BCUT2D eigenvalue weighted by molar-refractivity contribution is 7.89. The molecule has 1 aliphatic carbocycles. The summed E-state index contributed by atoms with van der Waals surface area (Å²) in [4.78, 5) is 19.1. The van der Waals surface area contributed by atoms with E-state index in [4.69, 9.17) is 0 Å². The summed E-state index contributed by atoms with van der Waals surface area (Å²) in [6.45, 7) is 6.20. The first-order valence-corrected chi connectivity index (χ1v) is 17.0. The van der Waals surface area contributed by atoms with Crippen LogP contribution < -0.4 is 4.90 Å². The van der Waals surface area contributed by atoms with E-state index in [1.165, 1.54) is 12.8 Å². The number of hydrogen-bond donors (Lipinski definition) is 1. The van der Waals surface area contributed by atoms with E-state index >= 15 is 0 Å². The van der Waals surface area contributed by atoms with Gasteiger partial charge in [-0.15, -0.1) is 5.10 Å². The Kier molecular flexibility index (Phi) is 7.40. The van der Waals surface area contributed by atoms with Crippen molar-refractivity contribution in [3.63, 3.8) is 0 Å². The number of nitrogens with zero attached hydrogens (tertiary/aromatic N) is 6. The van der Waals surface area contributed by atoms with Crippen molar-refractivity contribution in [2.75, 3.05) is 18.0 Å². The molecule has 44 heavy (non-hydrogen) atoms. The van der Waals surface area contributed by atoms with Gasteiger partial charge in [-0.3, -0.25) is 4.79 Å². The number of sulfonamides is 1. The zero-order valence-corrected chi connectivity index (χ0v) is 26.0. The monoisotopic (exact) mass is 614 g/mol. The predicted molar refractivity (Wildman–Crippen MR) is 167 cm³/mol. The molecule has 0 bridgehead atoms. The Balaban J connectivity index is 1.25. The van der Waals surface area contributed by atoms with Gasteiger partial charge in [0.1, 0.15) is 16.2 Å². The van der Waals surface area contributed by atoms with E-state index in [9.17, 15) is 18.3 Å². The highest BCUT2D eigenvalue weighted by Crippen LogP contribution is 2.38. The number of aromatic nitrogens is 4. The number of rotatable bonds is 8. The maximum atomic E-state index is 14.1. The summed E-state index contributed by atoms with van der Waals surface area (Å²) < 4.78 is 31.7. The molecule has 0 unspecified atom stereocenters. The molecule has 0 amide bonds. The van der Waals surface area contributed by atoms with E-state index in [0.717, 1.165) is 71.2 Å². The number of carboxylic acid groups (broad SMARTS) is 1. The minimum atomic E-state index is -3.81. The lowest BCUT2D eigenvalue weighted by atomic mass is 9.84. The van der Waals surface area contributed by atoms with Crippen molar-refractivity contribution in [1.29, 1.82) is 0 Å². The van der Waals surface area contributed by atoms with Crippen molar-refractivity contribution >= 4 is 32.8 Å². The molecule has 2 aromatic carbocycles. The van der Waals surface area contributed by atoms with Crippen molar-refractivity contribution in [3.8, 4) is 0 Å². The largest absolute Gasteiger partial charge is 0.481 e. The zero-order chi connectivity index (χ0) is 30.6. The Morgan fingerprint density at radius 2 is 1.93 bits per heavy atom.